The number of hydrogen-bond acceptors (Lipinski definition) is 6. The summed E-state index contributed by atoms with van der Waals surface area (Å²) in [5.74, 6) is -0.566. The van der Waals surface area contributed by atoms with E-state index in [0.717, 1.165) is 4.90 Å². The minimum Gasteiger partial charge on any atom is -0.465 e. The summed E-state index contributed by atoms with van der Waals surface area (Å²) in [5, 5.41) is 0. The molecular weight excluding hydrogens is 254 g/mol. The van der Waals surface area contributed by atoms with Gasteiger partial charge in [0.05, 0.1) is 33.0 Å². The number of imide groups is 1. The quantitative estimate of drug-likeness (QED) is 0.303. The van der Waals surface area contributed by atoms with Gasteiger partial charge in [0, 0.05) is 11.6 Å². The van der Waals surface area contributed by atoms with E-state index in [0.29, 0.717) is 31.9 Å². The molecule has 0 unspecified atom stereocenters. The van der Waals surface area contributed by atoms with Crippen LogP contribution in [0.4, 0.5) is 0 Å². The van der Waals surface area contributed by atoms with Crippen LogP contribution in [0.2, 0.25) is 0 Å². The number of hydrogen-bond donors (Lipinski definition) is 0. The Morgan fingerprint density at radius 3 is 2.32 bits per heavy atom. The third-order valence-electron chi connectivity index (χ3n) is 2.43. The Labute approximate surface area is 111 Å². The maximum absolute atomic E-state index is 11.5. The Balaban J connectivity index is 1.98. The lowest BCUT2D eigenvalue weighted by Gasteiger charge is -2.14. The van der Waals surface area contributed by atoms with Gasteiger partial charge in [0.1, 0.15) is 6.61 Å². The first-order chi connectivity index (χ1) is 9.16. The molecule has 0 aromatic carbocycles. The molecule has 0 fully saturated rings. The predicted molar refractivity (Wildman–Crippen MR) is 64.1 cm³/mol. The fourth-order valence-electron chi connectivity index (χ4n) is 1.48. The van der Waals surface area contributed by atoms with E-state index in [9.17, 15) is 14.4 Å². The third-order valence-corrected chi connectivity index (χ3v) is 2.43. The normalized spacial score (nSPS) is 14.8. The molecule has 1 rings (SSSR count). The number of rotatable bonds is 10. The minimum atomic E-state index is -0.298. The molecule has 0 spiro atoms. The van der Waals surface area contributed by atoms with Crippen molar-refractivity contribution in [2.75, 3.05) is 39.6 Å². The highest BCUT2D eigenvalue weighted by Gasteiger charge is 2.27. The molecule has 0 N–H and O–H groups in total. The predicted octanol–water partition coefficient (Wildman–Crippen LogP) is -0.492. The van der Waals surface area contributed by atoms with Crippen molar-refractivity contribution in [1.29, 1.82) is 0 Å². The fourth-order valence-corrected chi connectivity index (χ4v) is 1.48. The van der Waals surface area contributed by atoms with Crippen LogP contribution in [0, 0.1) is 0 Å². The Hall–Kier alpha value is -1.73. The van der Waals surface area contributed by atoms with Crippen LogP contribution in [0.5, 0.6) is 0 Å². The van der Waals surface area contributed by atoms with Gasteiger partial charge in [-0.25, -0.2) is 0 Å². The number of nitrogens with zero attached hydrogens (tertiary/aromatic N) is 1. The second kappa shape index (κ2) is 8.39. The standard InChI is InChI=1S/C12H17NO6/c1-10-8-11(15)13(12(10)16)2-3-17-4-5-18-6-7-19-9-14/h8-9H,2-7H2,1H3. The molecule has 2 amide bonds. The summed E-state index contributed by atoms with van der Waals surface area (Å²) in [5.41, 5.74) is 0.448. The van der Waals surface area contributed by atoms with Gasteiger partial charge < -0.3 is 14.2 Å². The van der Waals surface area contributed by atoms with Crippen molar-refractivity contribution in [3.8, 4) is 0 Å². The summed E-state index contributed by atoms with van der Waals surface area (Å²) >= 11 is 0. The van der Waals surface area contributed by atoms with Crippen LogP contribution in [0.15, 0.2) is 11.6 Å². The molecule has 0 aromatic heterocycles. The van der Waals surface area contributed by atoms with E-state index >= 15 is 0 Å². The van der Waals surface area contributed by atoms with Crippen LogP contribution in [-0.4, -0.2) is 62.8 Å². The van der Waals surface area contributed by atoms with Gasteiger partial charge in [-0.2, -0.15) is 0 Å². The molecule has 0 atom stereocenters. The van der Waals surface area contributed by atoms with Crippen molar-refractivity contribution < 1.29 is 28.6 Å². The highest BCUT2D eigenvalue weighted by atomic mass is 16.6. The molecule has 0 radical (unpaired) electrons. The summed E-state index contributed by atoms with van der Waals surface area (Å²) in [4.78, 5) is 33.8. The highest BCUT2D eigenvalue weighted by molar-refractivity contribution is 6.15. The van der Waals surface area contributed by atoms with Crippen LogP contribution in [0.25, 0.3) is 0 Å². The molecular formula is C12H17NO6. The van der Waals surface area contributed by atoms with Gasteiger partial charge in [0.25, 0.3) is 18.3 Å². The number of ether oxygens (including phenoxy) is 3. The summed E-state index contributed by atoms with van der Waals surface area (Å²) in [6.45, 7) is 3.72. The lowest BCUT2D eigenvalue weighted by atomic mass is 10.3. The summed E-state index contributed by atoms with van der Waals surface area (Å²) in [7, 11) is 0. The van der Waals surface area contributed by atoms with Crippen LogP contribution >= 0.6 is 0 Å². The Kier molecular flexibility index (Phi) is 6.76. The Morgan fingerprint density at radius 2 is 1.74 bits per heavy atom. The van der Waals surface area contributed by atoms with E-state index in [-0.39, 0.29) is 31.6 Å². The van der Waals surface area contributed by atoms with Crippen LogP contribution in [0.3, 0.4) is 0 Å². The second-order valence-electron chi connectivity index (χ2n) is 3.81. The van der Waals surface area contributed by atoms with Gasteiger partial charge in [-0.3, -0.25) is 19.3 Å². The van der Waals surface area contributed by atoms with Gasteiger partial charge in [0.2, 0.25) is 0 Å². The number of carbonyl (C=O) groups is 3. The number of carbonyl (C=O) groups excluding carboxylic acids is 3. The molecule has 7 nitrogen and oxygen atoms in total. The first-order valence-corrected chi connectivity index (χ1v) is 5.91. The van der Waals surface area contributed by atoms with Gasteiger partial charge >= 0.3 is 0 Å². The monoisotopic (exact) mass is 271 g/mol. The summed E-state index contributed by atoms with van der Waals surface area (Å²) < 4.78 is 14.8. The molecule has 1 aliphatic rings. The van der Waals surface area contributed by atoms with E-state index < -0.39 is 0 Å². The Morgan fingerprint density at radius 1 is 1.11 bits per heavy atom. The lowest BCUT2D eigenvalue weighted by Crippen LogP contribution is -2.34. The zero-order valence-electron chi connectivity index (χ0n) is 10.8. The summed E-state index contributed by atoms with van der Waals surface area (Å²) in [6.07, 6.45) is 1.32. The molecule has 19 heavy (non-hydrogen) atoms. The maximum atomic E-state index is 11.5. The van der Waals surface area contributed by atoms with Gasteiger partial charge in [-0.1, -0.05) is 0 Å². The molecule has 0 bridgehead atoms. The average Bonchev–Trinajstić information content (AvgIpc) is 2.63. The van der Waals surface area contributed by atoms with E-state index in [2.05, 4.69) is 4.74 Å². The number of amides is 2. The van der Waals surface area contributed by atoms with Gasteiger partial charge in [-0.15, -0.1) is 0 Å². The molecule has 0 aromatic rings. The van der Waals surface area contributed by atoms with Crippen molar-refractivity contribution in [3.05, 3.63) is 11.6 Å². The SMILES string of the molecule is CC1=CC(=O)N(CCOCCOCCOC=O)C1=O. The topological polar surface area (TPSA) is 82.1 Å². The third kappa shape index (κ3) is 5.19. The van der Waals surface area contributed by atoms with Gasteiger partial charge in [0.15, 0.2) is 0 Å². The molecule has 106 valence electrons. The van der Waals surface area contributed by atoms with Crippen molar-refractivity contribution in [3.63, 3.8) is 0 Å². The van der Waals surface area contributed by atoms with E-state index in [4.69, 9.17) is 9.47 Å². The molecule has 1 aliphatic heterocycles. The average molecular weight is 271 g/mol. The van der Waals surface area contributed by atoms with Crippen molar-refractivity contribution in [2.45, 2.75) is 6.92 Å². The highest BCUT2D eigenvalue weighted by Crippen LogP contribution is 2.10. The second-order valence-corrected chi connectivity index (χ2v) is 3.81. The Bertz CT molecular complexity index is 365. The van der Waals surface area contributed by atoms with E-state index in [1.54, 1.807) is 6.92 Å². The minimum absolute atomic E-state index is 0.214. The van der Waals surface area contributed by atoms with Crippen LogP contribution < -0.4 is 0 Å². The van der Waals surface area contributed by atoms with Crippen LogP contribution in [0.1, 0.15) is 6.92 Å². The van der Waals surface area contributed by atoms with Crippen LogP contribution in [-0.2, 0) is 28.6 Å². The molecule has 0 aliphatic carbocycles. The van der Waals surface area contributed by atoms with Crippen molar-refractivity contribution >= 4 is 18.3 Å². The molecule has 1 heterocycles. The molecule has 0 saturated carbocycles. The largest absolute Gasteiger partial charge is 0.465 e. The van der Waals surface area contributed by atoms with Crippen molar-refractivity contribution in [1.82, 2.24) is 4.90 Å². The molecule has 0 saturated heterocycles. The fraction of sp³-hybridized carbons (Fsp3) is 0.583. The lowest BCUT2D eigenvalue weighted by molar-refractivity contribution is -0.138. The summed E-state index contributed by atoms with van der Waals surface area (Å²) in [6, 6.07) is 0. The van der Waals surface area contributed by atoms with Crippen molar-refractivity contribution in [2.24, 2.45) is 0 Å². The zero-order chi connectivity index (χ0) is 14.1. The van der Waals surface area contributed by atoms with Gasteiger partial charge in [-0.05, 0) is 6.92 Å². The first-order valence-electron chi connectivity index (χ1n) is 5.91. The maximum Gasteiger partial charge on any atom is 0.293 e. The first kappa shape index (κ1) is 15.3. The molecule has 7 heteroatoms. The van der Waals surface area contributed by atoms with E-state index in [1.807, 2.05) is 0 Å². The smallest absolute Gasteiger partial charge is 0.293 e. The van der Waals surface area contributed by atoms with E-state index in [1.165, 1.54) is 6.08 Å². The zero-order valence-corrected chi connectivity index (χ0v) is 10.8.